The molecule has 2 bridgehead atoms. The van der Waals surface area contributed by atoms with Crippen molar-refractivity contribution in [1.82, 2.24) is 19.4 Å². The van der Waals surface area contributed by atoms with Crippen LogP contribution in [0.4, 0.5) is 0 Å². The second-order valence-corrected chi connectivity index (χ2v) is 10.2. The first-order chi connectivity index (χ1) is 13.0. The number of benzene rings is 1. The highest BCUT2D eigenvalue weighted by Gasteiger charge is 2.40. The Bertz CT molecular complexity index is 719. The molecule has 0 spiro atoms. The highest BCUT2D eigenvalue weighted by molar-refractivity contribution is 7.89. The van der Waals surface area contributed by atoms with Crippen LogP contribution in [0.3, 0.4) is 0 Å². The van der Waals surface area contributed by atoms with Gasteiger partial charge in [-0.3, -0.25) is 4.90 Å². The quantitative estimate of drug-likeness (QED) is 0.780. The summed E-state index contributed by atoms with van der Waals surface area (Å²) in [6, 6.07) is 9.02. The smallest absolute Gasteiger partial charge is 0.240 e. The third-order valence-corrected chi connectivity index (χ3v) is 8.10. The molecular weight excluding hydrogens is 360 g/mol. The predicted molar refractivity (Wildman–Crippen MR) is 107 cm³/mol. The molecule has 0 aromatic heterocycles. The summed E-state index contributed by atoms with van der Waals surface area (Å²) >= 11 is 0. The summed E-state index contributed by atoms with van der Waals surface area (Å²) in [5, 5.41) is 0. The van der Waals surface area contributed by atoms with Gasteiger partial charge in [-0.15, -0.1) is 0 Å². The van der Waals surface area contributed by atoms with Crippen LogP contribution in [0.15, 0.2) is 35.2 Å². The molecule has 1 unspecified atom stereocenters. The van der Waals surface area contributed by atoms with Gasteiger partial charge in [0.2, 0.25) is 10.0 Å². The van der Waals surface area contributed by atoms with Crippen molar-refractivity contribution < 1.29 is 8.42 Å². The standard InChI is InChI=1S/C20H32N4O2S/c1-22-9-11-23(12-10-22)15-18-16-24-8-7-17(18)13-19(24)14-21-27(25,26)20-5-3-2-4-6-20/h2-6,17-19,21H,7-16H2,1H3/t17-,18+,19+/m0/s1. The minimum atomic E-state index is -3.41. The van der Waals surface area contributed by atoms with Gasteiger partial charge < -0.3 is 9.80 Å². The minimum absolute atomic E-state index is 0.339. The molecule has 27 heavy (non-hydrogen) atoms. The van der Waals surface area contributed by atoms with Crippen LogP contribution in [0.25, 0.3) is 0 Å². The van der Waals surface area contributed by atoms with Crippen molar-refractivity contribution in [3.63, 3.8) is 0 Å². The lowest BCUT2D eigenvalue weighted by atomic mass is 9.75. The molecule has 1 N–H and O–H groups in total. The molecule has 0 aliphatic carbocycles. The SMILES string of the molecule is CN1CCN(C[C@@H]2CN3CC[C@H]2C[C@@H]3CNS(=O)(=O)c2ccccc2)CC1. The van der Waals surface area contributed by atoms with Crippen molar-refractivity contribution in [3.8, 4) is 0 Å². The van der Waals surface area contributed by atoms with Crippen molar-refractivity contribution in [2.75, 3.05) is 59.4 Å². The summed E-state index contributed by atoms with van der Waals surface area (Å²) in [5.74, 6) is 1.48. The zero-order valence-electron chi connectivity index (χ0n) is 16.3. The van der Waals surface area contributed by atoms with Gasteiger partial charge in [0.15, 0.2) is 0 Å². The molecule has 4 atom stereocenters. The number of piperazine rings is 1. The molecule has 4 saturated heterocycles. The Morgan fingerprint density at radius 2 is 1.81 bits per heavy atom. The van der Waals surface area contributed by atoms with Crippen LogP contribution in [-0.4, -0.2) is 88.6 Å². The summed E-state index contributed by atoms with van der Waals surface area (Å²) < 4.78 is 27.8. The maximum atomic E-state index is 12.5. The van der Waals surface area contributed by atoms with E-state index in [2.05, 4.69) is 26.5 Å². The van der Waals surface area contributed by atoms with Crippen LogP contribution in [-0.2, 0) is 10.0 Å². The molecule has 1 aromatic rings. The van der Waals surface area contributed by atoms with E-state index < -0.39 is 10.0 Å². The van der Waals surface area contributed by atoms with Crippen LogP contribution in [0.2, 0.25) is 0 Å². The van der Waals surface area contributed by atoms with Crippen molar-refractivity contribution in [2.24, 2.45) is 11.8 Å². The molecule has 150 valence electrons. The molecule has 7 heteroatoms. The van der Waals surface area contributed by atoms with E-state index in [9.17, 15) is 8.42 Å². The third kappa shape index (κ3) is 4.54. The normalized spacial score (nSPS) is 32.6. The molecule has 4 heterocycles. The number of likely N-dealkylation sites (N-methyl/N-ethyl adjacent to an activating group) is 1. The van der Waals surface area contributed by atoms with E-state index in [1.807, 2.05) is 6.07 Å². The molecule has 0 radical (unpaired) electrons. The molecule has 1 aromatic carbocycles. The van der Waals surface area contributed by atoms with Crippen LogP contribution in [0, 0.1) is 11.8 Å². The van der Waals surface area contributed by atoms with Gasteiger partial charge in [-0.1, -0.05) is 18.2 Å². The summed E-state index contributed by atoms with van der Waals surface area (Å²) in [6.07, 6.45) is 2.38. The van der Waals surface area contributed by atoms with E-state index in [0.717, 1.165) is 31.3 Å². The van der Waals surface area contributed by atoms with Gasteiger partial charge in [-0.25, -0.2) is 13.1 Å². The number of hydrogen-bond acceptors (Lipinski definition) is 5. The molecular formula is C20H32N4O2S. The van der Waals surface area contributed by atoms with Crippen LogP contribution >= 0.6 is 0 Å². The fourth-order valence-electron chi connectivity index (χ4n) is 4.92. The maximum Gasteiger partial charge on any atom is 0.240 e. The number of rotatable bonds is 6. The Hall–Kier alpha value is -0.990. The Kier molecular flexibility index (Phi) is 5.85. The van der Waals surface area contributed by atoms with E-state index in [1.54, 1.807) is 24.3 Å². The molecule has 4 aliphatic heterocycles. The molecule has 4 aliphatic rings. The van der Waals surface area contributed by atoms with Crippen molar-refractivity contribution in [3.05, 3.63) is 30.3 Å². The second kappa shape index (κ2) is 8.17. The van der Waals surface area contributed by atoms with Gasteiger partial charge in [0.05, 0.1) is 4.90 Å². The first kappa shape index (κ1) is 19.3. The zero-order valence-corrected chi connectivity index (χ0v) is 17.1. The third-order valence-electron chi connectivity index (χ3n) is 6.67. The number of nitrogens with one attached hydrogen (secondary N) is 1. The summed E-state index contributed by atoms with van der Waals surface area (Å²) in [5.41, 5.74) is 0. The molecule has 5 rings (SSSR count). The van der Waals surface area contributed by atoms with Crippen molar-refractivity contribution in [2.45, 2.75) is 23.8 Å². The Labute approximate surface area is 163 Å². The van der Waals surface area contributed by atoms with Gasteiger partial charge in [-0.2, -0.15) is 0 Å². The summed E-state index contributed by atoms with van der Waals surface area (Å²) in [6.45, 7) is 8.67. The number of fused-ring (bicyclic) bond motifs is 3. The fraction of sp³-hybridized carbons (Fsp3) is 0.700. The average molecular weight is 393 g/mol. The highest BCUT2D eigenvalue weighted by Crippen LogP contribution is 2.36. The van der Waals surface area contributed by atoms with Gasteiger partial charge >= 0.3 is 0 Å². The van der Waals surface area contributed by atoms with Gasteiger partial charge in [0.25, 0.3) is 0 Å². The molecule has 0 amide bonds. The maximum absolute atomic E-state index is 12.5. The van der Waals surface area contributed by atoms with Gasteiger partial charge in [0.1, 0.15) is 0 Å². The minimum Gasteiger partial charge on any atom is -0.304 e. The molecule has 0 saturated carbocycles. The summed E-state index contributed by atoms with van der Waals surface area (Å²) in [7, 11) is -1.21. The lowest BCUT2D eigenvalue weighted by Gasteiger charge is -2.51. The van der Waals surface area contributed by atoms with Crippen LogP contribution in [0.5, 0.6) is 0 Å². The first-order valence-corrected chi connectivity index (χ1v) is 11.7. The van der Waals surface area contributed by atoms with E-state index in [-0.39, 0.29) is 0 Å². The van der Waals surface area contributed by atoms with E-state index in [4.69, 9.17) is 0 Å². The number of hydrogen-bond donors (Lipinski definition) is 1. The topological polar surface area (TPSA) is 55.9 Å². The highest BCUT2D eigenvalue weighted by atomic mass is 32.2. The van der Waals surface area contributed by atoms with Crippen molar-refractivity contribution >= 4 is 10.0 Å². The van der Waals surface area contributed by atoms with Crippen LogP contribution in [0.1, 0.15) is 12.8 Å². The number of piperidine rings is 3. The lowest BCUT2D eigenvalue weighted by molar-refractivity contribution is -0.0149. The lowest BCUT2D eigenvalue weighted by Crippen LogP contribution is -2.59. The molecule has 6 nitrogen and oxygen atoms in total. The largest absolute Gasteiger partial charge is 0.304 e. The summed E-state index contributed by atoms with van der Waals surface area (Å²) in [4.78, 5) is 7.91. The Morgan fingerprint density at radius 3 is 2.48 bits per heavy atom. The number of nitrogens with zero attached hydrogens (tertiary/aromatic N) is 3. The van der Waals surface area contributed by atoms with Crippen molar-refractivity contribution in [1.29, 1.82) is 0 Å². The second-order valence-electron chi connectivity index (χ2n) is 8.46. The zero-order chi connectivity index (χ0) is 18.9. The number of sulfonamides is 1. The average Bonchev–Trinajstić information content (AvgIpc) is 2.70. The monoisotopic (exact) mass is 392 g/mol. The first-order valence-electron chi connectivity index (χ1n) is 10.2. The Morgan fingerprint density at radius 1 is 1.07 bits per heavy atom. The van der Waals surface area contributed by atoms with E-state index >= 15 is 0 Å². The molecule has 4 fully saturated rings. The fourth-order valence-corrected chi connectivity index (χ4v) is 6.01. The van der Waals surface area contributed by atoms with Crippen LogP contribution < -0.4 is 4.72 Å². The van der Waals surface area contributed by atoms with Gasteiger partial charge in [-0.05, 0) is 50.4 Å². The Balaban J connectivity index is 1.30. The predicted octanol–water partition coefficient (Wildman–Crippen LogP) is 0.923. The van der Waals surface area contributed by atoms with E-state index in [1.165, 1.54) is 39.1 Å². The van der Waals surface area contributed by atoms with E-state index in [0.29, 0.717) is 17.5 Å². The van der Waals surface area contributed by atoms with Gasteiger partial charge in [0, 0.05) is 51.9 Å².